The summed E-state index contributed by atoms with van der Waals surface area (Å²) < 4.78 is 40.1. The van der Waals surface area contributed by atoms with E-state index in [0.717, 1.165) is 21.7 Å². The van der Waals surface area contributed by atoms with Crippen LogP contribution in [0.1, 0.15) is 11.7 Å². The number of ether oxygens (including phenoxy) is 2. The standard InChI is InChI=1S/C23H19F2N7O3S/c1-30-9-13(7-27-30)12-5-18(35-22(24)25)21-28-29-23(32(21)10-12)36-14-3-4-16-15(6-14)20-17(8-26-16)31(2)19(33)11-34-20/h3-10,17,20,22H,11H2,1-2H3. The molecule has 2 aliphatic heterocycles. The number of amides is 1. The number of aliphatic imine (C=N–C) groups is 1. The van der Waals surface area contributed by atoms with Gasteiger partial charge in [0.05, 0.1) is 17.9 Å². The maximum absolute atomic E-state index is 13.1. The van der Waals surface area contributed by atoms with Crippen molar-refractivity contribution >= 4 is 35.2 Å². The summed E-state index contributed by atoms with van der Waals surface area (Å²) in [5.74, 6) is -0.186. The Morgan fingerprint density at radius 1 is 1.17 bits per heavy atom. The molecule has 2 aliphatic rings. The molecule has 3 aromatic heterocycles. The molecule has 36 heavy (non-hydrogen) atoms. The van der Waals surface area contributed by atoms with E-state index in [1.165, 1.54) is 17.8 Å². The highest BCUT2D eigenvalue weighted by atomic mass is 32.2. The van der Waals surface area contributed by atoms with Crippen LogP contribution in [0.25, 0.3) is 16.8 Å². The molecule has 4 aromatic rings. The lowest BCUT2D eigenvalue weighted by Gasteiger charge is -2.39. The van der Waals surface area contributed by atoms with Crippen molar-refractivity contribution in [3.63, 3.8) is 0 Å². The first kappa shape index (κ1) is 22.6. The molecule has 0 N–H and O–H groups in total. The van der Waals surface area contributed by atoms with E-state index in [-0.39, 0.29) is 36.1 Å². The number of aryl methyl sites for hydroxylation is 1. The zero-order valence-corrected chi connectivity index (χ0v) is 19.9. The van der Waals surface area contributed by atoms with E-state index in [2.05, 4.69) is 20.3 Å². The third-order valence-corrected chi connectivity index (χ3v) is 7.06. The van der Waals surface area contributed by atoms with Crippen LogP contribution in [0.15, 0.2) is 57.9 Å². The Labute approximate surface area is 207 Å². The summed E-state index contributed by atoms with van der Waals surface area (Å²) >= 11 is 1.31. The van der Waals surface area contributed by atoms with Gasteiger partial charge in [-0.15, -0.1) is 10.2 Å². The van der Waals surface area contributed by atoms with Gasteiger partial charge in [-0.1, -0.05) is 0 Å². The summed E-state index contributed by atoms with van der Waals surface area (Å²) in [5.41, 5.74) is 3.15. The van der Waals surface area contributed by atoms with Gasteiger partial charge in [0.25, 0.3) is 0 Å². The highest BCUT2D eigenvalue weighted by Crippen LogP contribution is 2.41. The molecule has 0 spiro atoms. The smallest absolute Gasteiger partial charge is 0.387 e. The first-order valence-electron chi connectivity index (χ1n) is 10.9. The molecule has 6 rings (SSSR count). The Bertz CT molecular complexity index is 1520. The number of aromatic nitrogens is 5. The van der Waals surface area contributed by atoms with Gasteiger partial charge in [0, 0.05) is 54.3 Å². The van der Waals surface area contributed by atoms with Crippen LogP contribution < -0.4 is 4.74 Å². The quantitative estimate of drug-likeness (QED) is 0.404. The van der Waals surface area contributed by atoms with Gasteiger partial charge < -0.3 is 14.4 Å². The minimum absolute atomic E-state index is 0.00116. The van der Waals surface area contributed by atoms with Crippen LogP contribution >= 0.6 is 11.8 Å². The van der Waals surface area contributed by atoms with Crippen LogP contribution in [0.3, 0.4) is 0 Å². The lowest BCUT2D eigenvalue weighted by atomic mass is 9.96. The normalized spacial score (nSPS) is 19.1. The average molecular weight is 512 g/mol. The minimum atomic E-state index is -3.01. The first-order chi connectivity index (χ1) is 17.4. The van der Waals surface area contributed by atoms with Crippen molar-refractivity contribution in [2.75, 3.05) is 13.7 Å². The van der Waals surface area contributed by atoms with Crippen molar-refractivity contribution in [1.82, 2.24) is 29.3 Å². The Balaban J connectivity index is 1.38. The number of rotatable bonds is 5. The third-order valence-electron chi connectivity index (χ3n) is 6.11. The number of nitrogens with zero attached hydrogens (tertiary/aromatic N) is 7. The van der Waals surface area contributed by atoms with E-state index in [4.69, 9.17) is 9.47 Å². The predicted octanol–water partition coefficient (Wildman–Crippen LogP) is 3.50. The van der Waals surface area contributed by atoms with E-state index >= 15 is 0 Å². The third kappa shape index (κ3) is 3.89. The Morgan fingerprint density at radius 3 is 2.81 bits per heavy atom. The second kappa shape index (κ2) is 8.68. The van der Waals surface area contributed by atoms with E-state index in [9.17, 15) is 13.6 Å². The molecule has 1 aromatic carbocycles. The first-order valence-corrected chi connectivity index (χ1v) is 11.7. The number of halogens is 2. The van der Waals surface area contributed by atoms with E-state index in [1.54, 1.807) is 52.9 Å². The summed E-state index contributed by atoms with van der Waals surface area (Å²) in [6.07, 6.45) is 6.57. The van der Waals surface area contributed by atoms with Crippen LogP contribution in [-0.2, 0) is 16.6 Å². The number of carbonyl (C=O) groups excluding carboxylic acids is 1. The van der Waals surface area contributed by atoms with Crippen LogP contribution in [-0.4, -0.2) is 67.7 Å². The van der Waals surface area contributed by atoms with Gasteiger partial charge in [-0.3, -0.25) is 18.9 Å². The van der Waals surface area contributed by atoms with Crippen LogP contribution in [0.4, 0.5) is 14.5 Å². The zero-order chi connectivity index (χ0) is 25.0. The van der Waals surface area contributed by atoms with E-state index in [0.29, 0.717) is 10.7 Å². The number of pyridine rings is 1. The van der Waals surface area contributed by atoms with Crippen molar-refractivity contribution in [2.24, 2.45) is 12.0 Å². The van der Waals surface area contributed by atoms with Crippen molar-refractivity contribution in [3.05, 3.63) is 48.4 Å². The molecule has 0 radical (unpaired) electrons. The van der Waals surface area contributed by atoms with Gasteiger partial charge in [0.1, 0.15) is 12.7 Å². The number of fused-ring (bicyclic) bond motifs is 4. The van der Waals surface area contributed by atoms with Gasteiger partial charge in [-0.2, -0.15) is 13.9 Å². The largest absolute Gasteiger partial charge is 0.431 e. The van der Waals surface area contributed by atoms with Gasteiger partial charge in [-0.05, 0) is 36.0 Å². The monoisotopic (exact) mass is 511 g/mol. The van der Waals surface area contributed by atoms with Crippen LogP contribution in [0.2, 0.25) is 0 Å². The molecule has 0 aliphatic carbocycles. The summed E-state index contributed by atoms with van der Waals surface area (Å²) in [7, 11) is 3.51. The molecule has 184 valence electrons. The highest BCUT2D eigenvalue weighted by Gasteiger charge is 2.37. The summed E-state index contributed by atoms with van der Waals surface area (Å²) in [4.78, 5) is 19.0. The molecule has 13 heteroatoms. The number of hydrogen-bond acceptors (Lipinski definition) is 8. The van der Waals surface area contributed by atoms with Crippen molar-refractivity contribution in [1.29, 1.82) is 0 Å². The van der Waals surface area contributed by atoms with E-state index in [1.807, 2.05) is 18.2 Å². The maximum Gasteiger partial charge on any atom is 0.387 e. The highest BCUT2D eigenvalue weighted by molar-refractivity contribution is 7.99. The molecule has 0 bridgehead atoms. The van der Waals surface area contributed by atoms with Gasteiger partial charge in [0.15, 0.2) is 5.75 Å². The van der Waals surface area contributed by atoms with Gasteiger partial charge in [0.2, 0.25) is 16.7 Å². The van der Waals surface area contributed by atoms with Gasteiger partial charge in [-0.25, -0.2) is 0 Å². The molecule has 5 heterocycles. The molecule has 1 fully saturated rings. The zero-order valence-electron chi connectivity index (χ0n) is 19.1. The number of alkyl halides is 2. The fourth-order valence-corrected chi connectivity index (χ4v) is 5.16. The molecule has 2 atom stereocenters. The minimum Gasteiger partial charge on any atom is -0.431 e. The molecular weight excluding hydrogens is 492 g/mol. The predicted molar refractivity (Wildman–Crippen MR) is 126 cm³/mol. The Kier molecular flexibility index (Phi) is 5.45. The summed E-state index contributed by atoms with van der Waals surface area (Å²) in [6, 6.07) is 6.92. The lowest BCUT2D eigenvalue weighted by Crippen LogP contribution is -2.50. The second-order valence-electron chi connectivity index (χ2n) is 8.38. The van der Waals surface area contributed by atoms with Crippen LogP contribution in [0, 0.1) is 0 Å². The summed E-state index contributed by atoms with van der Waals surface area (Å²) in [6.45, 7) is -3.01. The number of likely N-dealkylation sites (N-methyl/N-ethyl adjacent to an activating group) is 1. The summed E-state index contributed by atoms with van der Waals surface area (Å²) in [5, 5.41) is 13.0. The number of benzene rings is 1. The fourth-order valence-electron chi connectivity index (χ4n) is 4.31. The maximum atomic E-state index is 13.1. The average Bonchev–Trinajstić information content (AvgIpc) is 3.47. The van der Waals surface area contributed by atoms with Crippen molar-refractivity contribution in [3.8, 4) is 16.9 Å². The topological polar surface area (TPSA) is 99.1 Å². The second-order valence-corrected chi connectivity index (χ2v) is 9.42. The Morgan fingerprint density at radius 2 is 2.03 bits per heavy atom. The van der Waals surface area contributed by atoms with Gasteiger partial charge >= 0.3 is 6.61 Å². The van der Waals surface area contributed by atoms with Crippen molar-refractivity contribution < 1.29 is 23.0 Å². The number of morpholine rings is 1. The van der Waals surface area contributed by atoms with Crippen LogP contribution in [0.5, 0.6) is 5.75 Å². The molecule has 1 saturated heterocycles. The molecule has 10 nitrogen and oxygen atoms in total. The number of hydrogen-bond donors (Lipinski definition) is 0. The SMILES string of the molecule is CN1C(=O)COC2c3cc(Sc4nnc5c(OC(F)F)cc(-c6cnn(C)c6)cn45)ccc3N=CC21. The fraction of sp³-hybridized carbons (Fsp3) is 0.261. The molecule has 2 unspecified atom stereocenters. The molecule has 1 amide bonds. The number of carbonyl (C=O) groups is 1. The van der Waals surface area contributed by atoms with Crippen molar-refractivity contribution in [2.45, 2.75) is 28.8 Å². The molecule has 0 saturated carbocycles. The molecular formula is C23H19F2N7O3S. The van der Waals surface area contributed by atoms with E-state index < -0.39 is 6.61 Å². The Hall–Kier alpha value is -3.84. The lowest BCUT2D eigenvalue weighted by molar-refractivity contribution is -0.150.